The zero-order chi connectivity index (χ0) is 24.7. The number of nitrogens with zero attached hydrogens (tertiary/aromatic N) is 3. The second-order valence-corrected chi connectivity index (χ2v) is 9.00. The fraction of sp³-hybridized carbons (Fsp3) is 0.500. The van der Waals surface area contributed by atoms with E-state index in [1.807, 2.05) is 12.3 Å². The zero-order valence-electron chi connectivity index (χ0n) is 20.8. The smallest absolute Gasteiger partial charge is 0.257 e. The quantitative estimate of drug-likeness (QED) is 0.724. The molecular formula is C26H36N4O4. The van der Waals surface area contributed by atoms with Crippen LogP contribution in [0, 0.1) is 5.92 Å². The summed E-state index contributed by atoms with van der Waals surface area (Å²) in [5, 5.41) is 2.83. The third-order valence-corrected chi connectivity index (χ3v) is 6.29. The van der Waals surface area contributed by atoms with Crippen molar-refractivity contribution in [1.29, 1.82) is 0 Å². The minimum absolute atomic E-state index is 0.0831. The minimum atomic E-state index is -0.169. The molecule has 0 fully saturated rings. The number of ether oxygens (including phenoxy) is 2. The lowest BCUT2D eigenvalue weighted by Gasteiger charge is -2.36. The fourth-order valence-corrected chi connectivity index (χ4v) is 4.13. The van der Waals surface area contributed by atoms with E-state index in [1.54, 1.807) is 50.4 Å². The number of anilines is 1. The number of benzene rings is 1. The van der Waals surface area contributed by atoms with E-state index in [0.29, 0.717) is 36.6 Å². The molecule has 184 valence electrons. The number of fused-ring (bicyclic) bond motifs is 1. The Morgan fingerprint density at radius 1 is 1.26 bits per heavy atom. The van der Waals surface area contributed by atoms with Crippen LogP contribution in [0.25, 0.3) is 0 Å². The Morgan fingerprint density at radius 2 is 2.06 bits per heavy atom. The number of aromatic nitrogens is 1. The molecule has 0 aliphatic carbocycles. The van der Waals surface area contributed by atoms with Gasteiger partial charge in [-0.1, -0.05) is 19.9 Å². The third kappa shape index (κ3) is 6.55. The van der Waals surface area contributed by atoms with Crippen LogP contribution < -0.4 is 10.1 Å². The van der Waals surface area contributed by atoms with Crippen LogP contribution in [0.2, 0.25) is 0 Å². The summed E-state index contributed by atoms with van der Waals surface area (Å²) in [6.45, 7) is 8.44. The monoisotopic (exact) mass is 468 g/mol. The predicted octanol–water partition coefficient (Wildman–Crippen LogP) is 3.44. The van der Waals surface area contributed by atoms with Crippen molar-refractivity contribution < 1.29 is 19.1 Å². The van der Waals surface area contributed by atoms with Gasteiger partial charge in [-0.3, -0.25) is 19.5 Å². The molecule has 1 N–H and O–H groups in total. The van der Waals surface area contributed by atoms with E-state index >= 15 is 0 Å². The van der Waals surface area contributed by atoms with Crippen molar-refractivity contribution in [2.24, 2.45) is 5.92 Å². The fourth-order valence-electron chi connectivity index (χ4n) is 4.13. The number of rotatable bonds is 5. The molecule has 2 aromatic rings. The van der Waals surface area contributed by atoms with Gasteiger partial charge in [0.15, 0.2) is 0 Å². The number of hydrogen-bond acceptors (Lipinski definition) is 6. The number of pyridine rings is 1. The van der Waals surface area contributed by atoms with Crippen LogP contribution in [-0.4, -0.2) is 72.6 Å². The van der Waals surface area contributed by atoms with Crippen LogP contribution in [0.1, 0.15) is 43.1 Å². The summed E-state index contributed by atoms with van der Waals surface area (Å²) in [6.07, 6.45) is 3.89. The molecule has 2 amide bonds. The van der Waals surface area contributed by atoms with Crippen molar-refractivity contribution in [2.45, 2.75) is 45.9 Å². The molecule has 0 saturated carbocycles. The van der Waals surface area contributed by atoms with Gasteiger partial charge in [-0.25, -0.2) is 0 Å². The minimum Gasteiger partial charge on any atom is -0.491 e. The van der Waals surface area contributed by atoms with Crippen LogP contribution in [-0.2, 0) is 16.1 Å². The molecule has 34 heavy (non-hydrogen) atoms. The van der Waals surface area contributed by atoms with Crippen LogP contribution in [0.5, 0.6) is 5.75 Å². The van der Waals surface area contributed by atoms with Gasteiger partial charge in [-0.15, -0.1) is 0 Å². The van der Waals surface area contributed by atoms with Crippen molar-refractivity contribution in [3.8, 4) is 5.75 Å². The lowest BCUT2D eigenvalue weighted by Crippen LogP contribution is -2.46. The number of hydrogen-bond donors (Lipinski definition) is 1. The summed E-state index contributed by atoms with van der Waals surface area (Å²) in [5.41, 5.74) is 2.13. The second kappa shape index (κ2) is 11.9. The highest BCUT2D eigenvalue weighted by molar-refractivity contribution is 5.99. The molecule has 0 spiro atoms. The largest absolute Gasteiger partial charge is 0.491 e. The van der Waals surface area contributed by atoms with Gasteiger partial charge in [0.25, 0.3) is 5.91 Å². The van der Waals surface area contributed by atoms with Gasteiger partial charge in [-0.2, -0.15) is 0 Å². The Morgan fingerprint density at radius 3 is 2.74 bits per heavy atom. The maximum atomic E-state index is 13.4. The summed E-state index contributed by atoms with van der Waals surface area (Å²) in [6, 6.07) is 9.32. The highest BCUT2D eigenvalue weighted by atomic mass is 16.5. The predicted molar refractivity (Wildman–Crippen MR) is 132 cm³/mol. The van der Waals surface area contributed by atoms with E-state index in [2.05, 4.69) is 35.1 Å². The molecule has 8 heteroatoms. The number of carbonyl (C=O) groups is 2. The molecule has 0 saturated heterocycles. The summed E-state index contributed by atoms with van der Waals surface area (Å²) in [5.74, 6) is 0.399. The molecule has 0 bridgehead atoms. The molecule has 0 unspecified atom stereocenters. The summed E-state index contributed by atoms with van der Waals surface area (Å²) in [4.78, 5) is 33.5. The Kier molecular flexibility index (Phi) is 9.01. The Hall–Kier alpha value is -2.97. The van der Waals surface area contributed by atoms with E-state index < -0.39 is 0 Å². The molecule has 8 nitrogen and oxygen atoms in total. The van der Waals surface area contributed by atoms with Crippen molar-refractivity contribution in [1.82, 2.24) is 14.8 Å². The van der Waals surface area contributed by atoms with E-state index in [1.165, 1.54) is 0 Å². The first-order chi connectivity index (χ1) is 16.3. The Labute approximate surface area is 202 Å². The van der Waals surface area contributed by atoms with Crippen LogP contribution in [0.15, 0.2) is 42.7 Å². The number of methoxy groups -OCH3 is 1. The van der Waals surface area contributed by atoms with Crippen LogP contribution in [0.4, 0.5) is 5.69 Å². The molecule has 1 aromatic heterocycles. The van der Waals surface area contributed by atoms with E-state index in [4.69, 9.17) is 9.47 Å². The van der Waals surface area contributed by atoms with E-state index in [9.17, 15) is 9.59 Å². The van der Waals surface area contributed by atoms with Gasteiger partial charge in [0, 0.05) is 64.3 Å². The number of amides is 2. The summed E-state index contributed by atoms with van der Waals surface area (Å²) >= 11 is 0. The first-order valence-corrected chi connectivity index (χ1v) is 11.8. The lowest BCUT2D eigenvalue weighted by molar-refractivity contribution is -0.115. The molecule has 1 aromatic carbocycles. The maximum Gasteiger partial charge on any atom is 0.257 e. The van der Waals surface area contributed by atoms with E-state index in [-0.39, 0.29) is 29.9 Å². The molecular weight excluding hydrogens is 432 g/mol. The normalized spacial score (nSPS) is 22.2. The third-order valence-electron chi connectivity index (χ3n) is 6.29. The maximum absolute atomic E-state index is 13.4. The van der Waals surface area contributed by atoms with Crippen molar-refractivity contribution in [3.05, 3.63) is 53.9 Å². The summed E-state index contributed by atoms with van der Waals surface area (Å²) < 4.78 is 12.0. The number of carbonyl (C=O) groups excluding carboxylic acids is 2. The Bertz CT molecular complexity index is 969. The van der Waals surface area contributed by atoms with Gasteiger partial charge < -0.3 is 19.7 Å². The lowest BCUT2D eigenvalue weighted by atomic mass is 10.0. The average Bonchev–Trinajstić information content (AvgIpc) is 2.85. The zero-order valence-corrected chi connectivity index (χ0v) is 20.8. The van der Waals surface area contributed by atoms with Gasteiger partial charge in [0.05, 0.1) is 11.7 Å². The van der Waals surface area contributed by atoms with Crippen molar-refractivity contribution >= 4 is 17.5 Å². The van der Waals surface area contributed by atoms with E-state index in [0.717, 1.165) is 18.7 Å². The highest BCUT2D eigenvalue weighted by Crippen LogP contribution is 2.27. The summed E-state index contributed by atoms with van der Waals surface area (Å²) in [7, 11) is 3.46. The second-order valence-electron chi connectivity index (χ2n) is 9.00. The first-order valence-electron chi connectivity index (χ1n) is 11.8. The molecule has 0 radical (unpaired) electrons. The number of nitrogens with one attached hydrogen (secondary N) is 1. The molecule has 2 heterocycles. The first kappa shape index (κ1) is 25.6. The van der Waals surface area contributed by atoms with Crippen molar-refractivity contribution in [3.63, 3.8) is 0 Å². The standard InChI is InChI=1S/C26H36N4O4/c1-6-25(31)28-21-9-10-23-22(12-21)26(32)29(4)16-24(33-5)18(2)14-30(19(3)17-34-23)15-20-8-7-11-27-13-20/h7-13,18-19,24H,6,14-17H2,1-5H3,(H,28,31)/t18-,19-,24-/m1/s1. The van der Waals surface area contributed by atoms with Crippen LogP contribution in [0.3, 0.4) is 0 Å². The van der Waals surface area contributed by atoms with Gasteiger partial charge >= 0.3 is 0 Å². The van der Waals surface area contributed by atoms with Crippen LogP contribution >= 0.6 is 0 Å². The molecule has 1 aliphatic heterocycles. The topological polar surface area (TPSA) is 84.0 Å². The van der Waals surface area contributed by atoms with Gasteiger partial charge in [0.1, 0.15) is 12.4 Å². The molecule has 3 atom stereocenters. The van der Waals surface area contributed by atoms with Gasteiger partial charge in [0.2, 0.25) is 5.91 Å². The Balaban J connectivity index is 1.93. The average molecular weight is 469 g/mol. The highest BCUT2D eigenvalue weighted by Gasteiger charge is 2.28. The molecule has 3 rings (SSSR count). The molecule has 1 aliphatic rings. The van der Waals surface area contributed by atoms with Gasteiger partial charge in [-0.05, 0) is 42.7 Å². The van der Waals surface area contributed by atoms with Crippen molar-refractivity contribution in [2.75, 3.05) is 39.2 Å². The number of likely N-dealkylation sites (N-methyl/N-ethyl adjacent to an activating group) is 1. The SMILES string of the molecule is CCC(=O)Nc1ccc2c(c1)C(=O)N(C)C[C@@H](OC)[C@H](C)CN(Cc1cccnc1)[C@H](C)CO2.